The SMILES string of the molecule is NCCC[C@@H](CC(=O)O)NC(=O)OCc1ccccc1. The fourth-order valence-corrected chi connectivity index (χ4v) is 1.73. The molecule has 0 spiro atoms. The maximum Gasteiger partial charge on any atom is 0.407 e. The average Bonchev–Trinajstić information content (AvgIpc) is 2.43. The Bertz CT molecular complexity index is 422. The van der Waals surface area contributed by atoms with E-state index in [4.69, 9.17) is 15.6 Å². The van der Waals surface area contributed by atoms with E-state index in [1.54, 1.807) is 0 Å². The van der Waals surface area contributed by atoms with Crippen molar-refractivity contribution in [1.29, 1.82) is 0 Å². The Balaban J connectivity index is 2.38. The van der Waals surface area contributed by atoms with E-state index >= 15 is 0 Å². The van der Waals surface area contributed by atoms with Crippen LogP contribution in [0.4, 0.5) is 4.79 Å². The van der Waals surface area contributed by atoms with Crippen molar-refractivity contribution in [3.63, 3.8) is 0 Å². The number of aliphatic carboxylic acids is 1. The highest BCUT2D eigenvalue weighted by Crippen LogP contribution is 2.04. The van der Waals surface area contributed by atoms with Gasteiger partial charge in [0.05, 0.1) is 6.42 Å². The molecule has 0 saturated heterocycles. The van der Waals surface area contributed by atoms with Crippen molar-refractivity contribution >= 4 is 12.1 Å². The zero-order valence-electron chi connectivity index (χ0n) is 11.2. The predicted octanol–water partition coefficient (Wildman–Crippen LogP) is 1.50. The van der Waals surface area contributed by atoms with Gasteiger partial charge in [0, 0.05) is 6.04 Å². The molecule has 0 heterocycles. The second kappa shape index (κ2) is 8.92. The smallest absolute Gasteiger partial charge is 0.407 e. The molecule has 0 fully saturated rings. The first kappa shape index (κ1) is 16.0. The number of ether oxygens (including phenoxy) is 1. The van der Waals surface area contributed by atoms with E-state index in [2.05, 4.69) is 5.32 Å². The quantitative estimate of drug-likeness (QED) is 0.669. The van der Waals surface area contributed by atoms with Gasteiger partial charge in [-0.2, -0.15) is 0 Å². The first-order valence-electron chi connectivity index (χ1n) is 6.51. The van der Waals surface area contributed by atoms with Crippen LogP contribution in [0.1, 0.15) is 24.8 Å². The van der Waals surface area contributed by atoms with Crippen LogP contribution in [0.5, 0.6) is 0 Å². The van der Waals surface area contributed by atoms with Gasteiger partial charge < -0.3 is 20.9 Å². The van der Waals surface area contributed by atoms with E-state index in [9.17, 15) is 9.59 Å². The van der Waals surface area contributed by atoms with Gasteiger partial charge in [0.2, 0.25) is 0 Å². The molecule has 6 heteroatoms. The summed E-state index contributed by atoms with van der Waals surface area (Å²) < 4.78 is 5.05. The molecule has 0 saturated carbocycles. The van der Waals surface area contributed by atoms with Crippen molar-refractivity contribution < 1.29 is 19.4 Å². The molecule has 0 bridgehead atoms. The fourth-order valence-electron chi connectivity index (χ4n) is 1.73. The lowest BCUT2D eigenvalue weighted by molar-refractivity contribution is -0.137. The number of amides is 1. The predicted molar refractivity (Wildman–Crippen MR) is 74.1 cm³/mol. The van der Waals surface area contributed by atoms with Crippen molar-refractivity contribution in [2.45, 2.75) is 31.9 Å². The summed E-state index contributed by atoms with van der Waals surface area (Å²) in [7, 11) is 0. The Kier molecular flexibility index (Phi) is 7.13. The molecule has 1 aromatic rings. The summed E-state index contributed by atoms with van der Waals surface area (Å²) in [5.41, 5.74) is 6.26. The molecule has 0 aliphatic carbocycles. The van der Waals surface area contributed by atoms with E-state index < -0.39 is 18.1 Å². The molecule has 0 radical (unpaired) electrons. The highest BCUT2D eigenvalue weighted by Gasteiger charge is 2.16. The molecular weight excluding hydrogens is 260 g/mol. The highest BCUT2D eigenvalue weighted by atomic mass is 16.5. The van der Waals surface area contributed by atoms with Gasteiger partial charge in [-0.3, -0.25) is 4.79 Å². The van der Waals surface area contributed by atoms with E-state index in [0.717, 1.165) is 5.56 Å². The molecule has 1 atom stereocenters. The molecule has 4 N–H and O–H groups in total. The number of hydrogen-bond acceptors (Lipinski definition) is 4. The average molecular weight is 280 g/mol. The second-order valence-electron chi connectivity index (χ2n) is 4.43. The van der Waals surface area contributed by atoms with Crippen molar-refractivity contribution in [3.8, 4) is 0 Å². The van der Waals surface area contributed by atoms with Crippen LogP contribution in [0.25, 0.3) is 0 Å². The lowest BCUT2D eigenvalue weighted by Gasteiger charge is -2.16. The van der Waals surface area contributed by atoms with Gasteiger partial charge in [0.25, 0.3) is 0 Å². The Morgan fingerprint density at radius 2 is 2.00 bits per heavy atom. The molecule has 1 aromatic carbocycles. The number of alkyl carbamates (subject to hydrolysis) is 1. The van der Waals surface area contributed by atoms with Gasteiger partial charge in [-0.15, -0.1) is 0 Å². The summed E-state index contributed by atoms with van der Waals surface area (Å²) in [6, 6.07) is 8.81. The summed E-state index contributed by atoms with van der Waals surface area (Å²) in [6.07, 6.45) is 0.415. The molecule has 0 aliphatic rings. The standard InChI is InChI=1S/C14H20N2O4/c15-8-4-7-12(9-13(17)18)16-14(19)20-10-11-5-2-1-3-6-11/h1-3,5-6,12H,4,7-10,15H2,(H,16,19)(H,17,18)/t12-/m0/s1. The lowest BCUT2D eigenvalue weighted by atomic mass is 10.1. The maximum atomic E-state index is 11.6. The van der Waals surface area contributed by atoms with Gasteiger partial charge >= 0.3 is 12.1 Å². The van der Waals surface area contributed by atoms with Crippen molar-refractivity contribution in [3.05, 3.63) is 35.9 Å². The zero-order chi connectivity index (χ0) is 14.8. The third kappa shape index (κ3) is 6.75. The number of nitrogens with two attached hydrogens (primary N) is 1. The monoisotopic (exact) mass is 280 g/mol. The molecule has 0 aliphatic heterocycles. The molecule has 6 nitrogen and oxygen atoms in total. The Hall–Kier alpha value is -2.08. The first-order chi connectivity index (χ1) is 9.61. The third-order valence-corrected chi connectivity index (χ3v) is 2.71. The van der Waals surface area contributed by atoms with Gasteiger partial charge in [0.1, 0.15) is 6.61 Å². The van der Waals surface area contributed by atoms with Gasteiger partial charge in [-0.25, -0.2) is 4.79 Å². The fraction of sp³-hybridized carbons (Fsp3) is 0.429. The highest BCUT2D eigenvalue weighted by molar-refractivity contribution is 5.71. The summed E-state index contributed by atoms with van der Waals surface area (Å²) in [4.78, 5) is 22.3. The van der Waals surface area contributed by atoms with E-state index in [0.29, 0.717) is 19.4 Å². The Morgan fingerprint density at radius 1 is 1.30 bits per heavy atom. The lowest BCUT2D eigenvalue weighted by Crippen LogP contribution is -2.37. The van der Waals surface area contributed by atoms with Gasteiger partial charge in [0.15, 0.2) is 0 Å². The number of carboxylic acid groups (broad SMARTS) is 1. The maximum absolute atomic E-state index is 11.6. The number of rotatable bonds is 8. The van der Waals surface area contributed by atoms with Crippen LogP contribution in [-0.2, 0) is 16.1 Å². The Morgan fingerprint density at radius 3 is 2.60 bits per heavy atom. The number of hydrogen-bond donors (Lipinski definition) is 3. The molecule has 0 aromatic heterocycles. The first-order valence-corrected chi connectivity index (χ1v) is 6.51. The van der Waals surface area contributed by atoms with Gasteiger partial charge in [-0.1, -0.05) is 30.3 Å². The minimum Gasteiger partial charge on any atom is -0.481 e. The van der Waals surface area contributed by atoms with Crippen molar-refractivity contribution in [1.82, 2.24) is 5.32 Å². The van der Waals surface area contributed by atoms with E-state index in [1.165, 1.54) is 0 Å². The van der Waals surface area contributed by atoms with Crippen LogP contribution in [0.2, 0.25) is 0 Å². The largest absolute Gasteiger partial charge is 0.481 e. The normalized spacial score (nSPS) is 11.7. The summed E-state index contributed by atoms with van der Waals surface area (Å²) in [5.74, 6) is -0.963. The number of carbonyl (C=O) groups is 2. The van der Waals surface area contributed by atoms with Crippen LogP contribution in [0.15, 0.2) is 30.3 Å². The topological polar surface area (TPSA) is 102 Å². The third-order valence-electron chi connectivity index (χ3n) is 2.71. The van der Waals surface area contributed by atoms with Crippen LogP contribution in [-0.4, -0.2) is 29.8 Å². The van der Waals surface area contributed by atoms with Crippen LogP contribution < -0.4 is 11.1 Å². The molecule has 20 heavy (non-hydrogen) atoms. The number of nitrogens with one attached hydrogen (secondary N) is 1. The van der Waals surface area contributed by atoms with E-state index in [1.807, 2.05) is 30.3 Å². The van der Waals surface area contributed by atoms with Crippen molar-refractivity contribution in [2.24, 2.45) is 5.73 Å². The molecular formula is C14H20N2O4. The molecule has 1 amide bonds. The molecule has 110 valence electrons. The number of carboxylic acids is 1. The summed E-state index contributed by atoms with van der Waals surface area (Å²) in [5, 5.41) is 11.3. The second-order valence-corrected chi connectivity index (χ2v) is 4.43. The minimum absolute atomic E-state index is 0.138. The number of carbonyl (C=O) groups excluding carboxylic acids is 1. The molecule has 0 unspecified atom stereocenters. The molecule has 1 rings (SSSR count). The van der Waals surface area contributed by atoms with Crippen molar-refractivity contribution in [2.75, 3.05) is 6.54 Å². The minimum atomic E-state index is -0.963. The summed E-state index contributed by atoms with van der Waals surface area (Å²) >= 11 is 0. The summed E-state index contributed by atoms with van der Waals surface area (Å²) in [6.45, 7) is 0.611. The Labute approximate surface area is 117 Å². The van der Waals surface area contributed by atoms with Crippen LogP contribution >= 0.6 is 0 Å². The van der Waals surface area contributed by atoms with Gasteiger partial charge in [-0.05, 0) is 24.9 Å². The number of benzene rings is 1. The zero-order valence-corrected chi connectivity index (χ0v) is 11.2. The van der Waals surface area contributed by atoms with E-state index in [-0.39, 0.29) is 13.0 Å². The van der Waals surface area contributed by atoms with Crippen LogP contribution in [0.3, 0.4) is 0 Å². The van der Waals surface area contributed by atoms with Crippen LogP contribution in [0, 0.1) is 0 Å².